The number of hydrogen-bond acceptors (Lipinski definition) is 6. The van der Waals surface area contributed by atoms with Gasteiger partial charge in [-0.25, -0.2) is 4.79 Å². The Hall–Kier alpha value is -1.15. The zero-order valence-electron chi connectivity index (χ0n) is 16.1. The summed E-state index contributed by atoms with van der Waals surface area (Å²) in [4.78, 5) is 12.0. The van der Waals surface area contributed by atoms with Crippen LogP contribution in [0, 0.1) is 5.92 Å². The number of aliphatic hydroxyl groups is 1. The van der Waals surface area contributed by atoms with Gasteiger partial charge in [0.2, 0.25) is 0 Å². The van der Waals surface area contributed by atoms with Gasteiger partial charge in [-0.1, -0.05) is 11.6 Å². The van der Waals surface area contributed by atoms with Crippen molar-refractivity contribution >= 4 is 6.09 Å². The average Bonchev–Trinajstić information content (AvgIpc) is 3.50. The molecule has 0 aromatic rings. The number of aliphatic hydroxyl groups excluding tert-OH is 1. The molecule has 3 aliphatic rings. The molecule has 1 saturated carbocycles. The second-order valence-electron chi connectivity index (χ2n) is 7.97. The van der Waals surface area contributed by atoms with Crippen LogP contribution in [0.15, 0.2) is 11.6 Å². The van der Waals surface area contributed by atoms with Crippen molar-refractivity contribution in [2.45, 2.75) is 69.5 Å². The van der Waals surface area contributed by atoms with Crippen molar-refractivity contribution in [1.82, 2.24) is 5.32 Å². The van der Waals surface area contributed by atoms with Gasteiger partial charge in [0.25, 0.3) is 0 Å². The molecule has 7 nitrogen and oxygen atoms in total. The lowest BCUT2D eigenvalue weighted by molar-refractivity contribution is -0.118. The third kappa shape index (κ3) is 3.76. The summed E-state index contributed by atoms with van der Waals surface area (Å²) in [6.45, 7) is 7.04. The fourth-order valence-electron chi connectivity index (χ4n) is 4.41. The molecule has 2 N–H and O–H groups in total. The minimum absolute atomic E-state index is 0.0138. The number of methoxy groups -OCH3 is 1. The molecular formula is C19H31NO6. The number of carbonyl (C=O) groups excluding carboxylic acids is 1. The van der Waals surface area contributed by atoms with Gasteiger partial charge in [-0.2, -0.15) is 0 Å². The number of epoxide rings is 2. The highest BCUT2D eigenvalue weighted by atomic mass is 16.6. The van der Waals surface area contributed by atoms with Crippen molar-refractivity contribution in [3.8, 4) is 0 Å². The van der Waals surface area contributed by atoms with E-state index in [0.29, 0.717) is 13.0 Å². The summed E-state index contributed by atoms with van der Waals surface area (Å²) in [6.07, 6.45) is 3.53. The Morgan fingerprint density at radius 2 is 2.15 bits per heavy atom. The second-order valence-corrected chi connectivity index (χ2v) is 7.97. The lowest BCUT2D eigenvalue weighted by Crippen LogP contribution is -2.56. The minimum Gasteiger partial charge on any atom is -0.443 e. The molecule has 1 aliphatic carbocycles. The molecule has 26 heavy (non-hydrogen) atoms. The Morgan fingerprint density at radius 1 is 1.42 bits per heavy atom. The summed E-state index contributed by atoms with van der Waals surface area (Å²) in [6, 6.07) is 0. The molecule has 3 rings (SSSR count). The van der Waals surface area contributed by atoms with Crippen LogP contribution in [0.2, 0.25) is 0 Å². The second kappa shape index (κ2) is 7.46. The molecule has 1 amide bonds. The Labute approximate surface area is 155 Å². The van der Waals surface area contributed by atoms with Crippen LogP contribution in [0.25, 0.3) is 0 Å². The maximum atomic E-state index is 12.0. The van der Waals surface area contributed by atoms with Crippen molar-refractivity contribution in [2.24, 2.45) is 5.92 Å². The number of allylic oxidation sites excluding steroid dienone is 1. The largest absolute Gasteiger partial charge is 0.443 e. The smallest absolute Gasteiger partial charge is 0.407 e. The van der Waals surface area contributed by atoms with Crippen LogP contribution in [0.1, 0.15) is 40.0 Å². The number of hydrogen-bond donors (Lipinski definition) is 2. The molecule has 0 aromatic carbocycles. The van der Waals surface area contributed by atoms with Gasteiger partial charge in [0, 0.05) is 13.7 Å². The SMILES string of the molecule is COC1C(OC(=O)NCCO)CCC2(CO2)C1C1(C)OC1CC=C(C)C. The van der Waals surface area contributed by atoms with Crippen LogP contribution >= 0.6 is 0 Å². The molecule has 6 atom stereocenters. The number of nitrogens with one attached hydrogen (secondary N) is 1. The highest BCUT2D eigenvalue weighted by Gasteiger charge is 2.72. The van der Waals surface area contributed by atoms with Crippen LogP contribution < -0.4 is 5.32 Å². The molecular weight excluding hydrogens is 338 g/mol. The molecule has 0 aromatic heterocycles. The van der Waals surface area contributed by atoms with Crippen molar-refractivity contribution in [3.05, 3.63) is 11.6 Å². The molecule has 2 saturated heterocycles. The number of rotatable bonds is 7. The summed E-state index contributed by atoms with van der Waals surface area (Å²) >= 11 is 0. The van der Waals surface area contributed by atoms with Crippen molar-refractivity contribution in [3.63, 3.8) is 0 Å². The third-order valence-corrected chi connectivity index (χ3v) is 5.88. The minimum atomic E-state index is -0.527. The average molecular weight is 369 g/mol. The monoisotopic (exact) mass is 369 g/mol. The first kappa shape index (κ1) is 19.6. The van der Waals surface area contributed by atoms with E-state index in [4.69, 9.17) is 24.1 Å². The number of carbonyl (C=O) groups is 1. The Morgan fingerprint density at radius 3 is 2.73 bits per heavy atom. The Bertz CT molecular complexity index is 556. The summed E-state index contributed by atoms with van der Waals surface area (Å²) in [5.41, 5.74) is 0.706. The number of amides is 1. The van der Waals surface area contributed by atoms with Crippen LogP contribution in [0.4, 0.5) is 4.79 Å². The third-order valence-electron chi connectivity index (χ3n) is 5.88. The lowest BCUT2D eigenvalue weighted by atomic mass is 9.68. The van der Waals surface area contributed by atoms with E-state index in [1.165, 1.54) is 5.57 Å². The van der Waals surface area contributed by atoms with Crippen LogP contribution in [-0.2, 0) is 18.9 Å². The van der Waals surface area contributed by atoms with E-state index >= 15 is 0 Å². The Kier molecular flexibility index (Phi) is 5.63. The first-order valence-corrected chi connectivity index (χ1v) is 9.39. The zero-order chi connectivity index (χ0) is 18.9. The van der Waals surface area contributed by atoms with Gasteiger partial charge in [-0.05, 0) is 40.0 Å². The Balaban J connectivity index is 1.72. The molecule has 1 spiro atoms. The van der Waals surface area contributed by atoms with E-state index in [2.05, 4.69) is 32.2 Å². The molecule has 0 bridgehead atoms. The molecule has 148 valence electrons. The molecule has 2 aliphatic heterocycles. The summed E-state index contributed by atoms with van der Waals surface area (Å²) < 4.78 is 23.4. The quantitative estimate of drug-likeness (QED) is 0.525. The summed E-state index contributed by atoms with van der Waals surface area (Å²) in [5.74, 6) is 0.0138. The van der Waals surface area contributed by atoms with Gasteiger partial charge < -0.3 is 29.4 Å². The topological polar surface area (TPSA) is 92.9 Å². The number of ether oxygens (including phenoxy) is 4. The van der Waals surface area contributed by atoms with Crippen molar-refractivity contribution in [2.75, 3.05) is 26.9 Å². The van der Waals surface area contributed by atoms with E-state index in [1.807, 2.05) is 0 Å². The fourth-order valence-corrected chi connectivity index (χ4v) is 4.41. The molecule has 6 unspecified atom stereocenters. The molecule has 7 heteroatoms. The first-order valence-electron chi connectivity index (χ1n) is 9.39. The highest BCUT2D eigenvalue weighted by Crippen LogP contribution is 2.59. The van der Waals surface area contributed by atoms with Gasteiger partial charge in [0.05, 0.1) is 25.2 Å². The van der Waals surface area contributed by atoms with Crippen LogP contribution in [0.5, 0.6) is 0 Å². The predicted octanol–water partition coefficient (Wildman–Crippen LogP) is 1.78. The van der Waals surface area contributed by atoms with Crippen molar-refractivity contribution < 1.29 is 28.8 Å². The summed E-state index contributed by atoms with van der Waals surface area (Å²) in [7, 11) is 1.65. The highest BCUT2D eigenvalue weighted by molar-refractivity contribution is 5.67. The van der Waals surface area contributed by atoms with Gasteiger partial charge in [-0.15, -0.1) is 0 Å². The maximum Gasteiger partial charge on any atom is 0.407 e. The normalized spacial score (nSPS) is 40.8. The molecule has 0 radical (unpaired) electrons. The predicted molar refractivity (Wildman–Crippen MR) is 94.9 cm³/mol. The van der Waals surface area contributed by atoms with E-state index in [-0.39, 0.29) is 48.6 Å². The van der Waals surface area contributed by atoms with Gasteiger partial charge in [-0.3, -0.25) is 0 Å². The van der Waals surface area contributed by atoms with E-state index in [1.54, 1.807) is 7.11 Å². The lowest BCUT2D eigenvalue weighted by Gasteiger charge is -2.42. The zero-order valence-corrected chi connectivity index (χ0v) is 16.1. The van der Waals surface area contributed by atoms with Crippen LogP contribution in [-0.4, -0.2) is 67.6 Å². The van der Waals surface area contributed by atoms with Crippen molar-refractivity contribution in [1.29, 1.82) is 0 Å². The summed E-state index contributed by atoms with van der Waals surface area (Å²) in [5, 5.41) is 11.4. The molecule has 2 heterocycles. The van der Waals surface area contributed by atoms with E-state index in [0.717, 1.165) is 12.8 Å². The van der Waals surface area contributed by atoms with E-state index < -0.39 is 6.09 Å². The maximum absolute atomic E-state index is 12.0. The standard InChI is InChI=1S/C19H31NO6/c1-12(2)5-6-14-18(3,26-14)16-15(23-4)13(7-8-19(16)11-24-19)25-17(22)20-9-10-21/h5,13-16,21H,6-11H2,1-4H3,(H,20,22). The number of alkyl carbamates (subject to hydrolysis) is 1. The van der Waals surface area contributed by atoms with Gasteiger partial charge in [0.1, 0.15) is 23.4 Å². The fraction of sp³-hybridized carbons (Fsp3) is 0.842. The molecule has 3 fully saturated rings. The van der Waals surface area contributed by atoms with Gasteiger partial charge in [0.15, 0.2) is 0 Å². The van der Waals surface area contributed by atoms with Crippen LogP contribution in [0.3, 0.4) is 0 Å². The first-order chi connectivity index (χ1) is 12.4. The van der Waals surface area contributed by atoms with E-state index in [9.17, 15) is 4.79 Å². The van der Waals surface area contributed by atoms with Gasteiger partial charge >= 0.3 is 6.09 Å².